The fourth-order valence-corrected chi connectivity index (χ4v) is 0. The van der Waals surface area contributed by atoms with Crippen molar-refractivity contribution in [2.75, 3.05) is 0 Å². The number of hydrogen-bond donors (Lipinski definition) is 0. The van der Waals surface area contributed by atoms with Gasteiger partial charge < -0.3 is 19.7 Å². The molecule has 0 unspecified atom stereocenters. The van der Waals surface area contributed by atoms with Gasteiger partial charge in [0.2, 0.25) is 0 Å². The van der Waals surface area contributed by atoms with Gasteiger partial charge in [-0.3, -0.25) is 0 Å². The summed E-state index contributed by atoms with van der Waals surface area (Å²) in [4.78, 5) is 8.33. The van der Waals surface area contributed by atoms with Crippen LogP contribution >= 0.6 is 0 Å². The van der Waals surface area contributed by atoms with Crippen LogP contribution in [0.4, 0.5) is 4.79 Å². The van der Waals surface area contributed by atoms with Crippen molar-refractivity contribution in [2.24, 2.45) is 0 Å². The molecule has 0 aliphatic heterocycles. The van der Waals surface area contributed by atoms with Crippen molar-refractivity contribution in [1.82, 2.24) is 0 Å². The van der Waals surface area contributed by atoms with E-state index in [0.29, 0.717) is 0 Å². The zero-order valence-electron chi connectivity index (χ0n) is 4.39. The van der Waals surface area contributed by atoms with Gasteiger partial charge in [0.25, 0.3) is 0 Å². The summed E-state index contributed by atoms with van der Waals surface area (Å²) in [6.45, 7) is 0. The van der Waals surface area contributed by atoms with Gasteiger partial charge in [-0.1, -0.05) is 0 Å². The monoisotopic (exact) mass is 540 g/mol. The standard InChI is InChI=1S/CH2O3.Ca.Ce.FH.La.Nd/c2-1(3)4;;;;;/h(H2,2,3,4);;;1H;;/q;+2;+3;;2*+3/p-3. The van der Waals surface area contributed by atoms with E-state index in [1.54, 1.807) is 0 Å². The first-order chi connectivity index (χ1) is 1.73. The molecule has 3 nitrogen and oxygen atoms in total. The van der Waals surface area contributed by atoms with Crippen LogP contribution in [0.5, 0.6) is 0 Å². The minimum Gasteiger partial charge on any atom is -1.00 e. The smallest absolute Gasteiger partial charge is 1.00 e. The number of rotatable bonds is 0. The molecular weight excluding hydrogens is 542 g/mol. The van der Waals surface area contributed by atoms with Crippen molar-refractivity contribution in [3.63, 3.8) is 0 Å². The Balaban J connectivity index is -0.00000000450. The summed E-state index contributed by atoms with van der Waals surface area (Å²) in [7, 11) is 0. The molecule has 2 radical (unpaired) electrons. The van der Waals surface area contributed by atoms with E-state index in [-0.39, 0.29) is 161 Å². The summed E-state index contributed by atoms with van der Waals surface area (Å²) in [5.41, 5.74) is 0. The van der Waals surface area contributed by atoms with Gasteiger partial charge in [-0.05, 0) is 6.16 Å². The predicted octanol–water partition coefficient (Wildman–Crippen LogP) is -5.82. The number of halogens is 1. The van der Waals surface area contributed by atoms with E-state index in [4.69, 9.17) is 15.0 Å². The van der Waals surface area contributed by atoms with Gasteiger partial charge in [-0.15, -0.1) is 0 Å². The molecule has 0 rings (SSSR count). The SMILES string of the molecule is O=C([O-])[O-].[Ca+2].[Ce+3].[F-].[La+3].[Nd+3]. The summed E-state index contributed by atoms with van der Waals surface area (Å²) >= 11 is 0. The molecule has 0 atom stereocenters. The number of carboxylic acid groups (broad SMARTS) is 2. The van der Waals surface area contributed by atoms with Crippen LogP contribution in [0.15, 0.2) is 0 Å². The summed E-state index contributed by atoms with van der Waals surface area (Å²) in [6.07, 6.45) is -2.33. The third-order valence-corrected chi connectivity index (χ3v) is 0. The summed E-state index contributed by atoms with van der Waals surface area (Å²) < 4.78 is 0. The van der Waals surface area contributed by atoms with Gasteiger partial charge in [0.05, 0.1) is 0 Å². The minimum atomic E-state index is -2.33. The van der Waals surface area contributed by atoms with Crippen LogP contribution in [0.2, 0.25) is 0 Å². The molecule has 0 spiro atoms. The molecular formula is CCaCeFLaNdO3+8. The summed E-state index contributed by atoms with van der Waals surface area (Å²) in [6, 6.07) is 0. The Kier molecular flexibility index (Phi) is 123. The second-order valence-electron chi connectivity index (χ2n) is 0.250. The molecule has 0 amide bonds. The molecule has 0 aliphatic carbocycles. The van der Waals surface area contributed by atoms with E-state index < -0.39 is 6.16 Å². The molecule has 8 heteroatoms. The van der Waals surface area contributed by atoms with Crippen LogP contribution in [-0.2, 0) is 0 Å². The third-order valence-electron chi connectivity index (χ3n) is 0. The fraction of sp³-hybridized carbons (Fsp3) is 0. The Morgan fingerprint density at radius 3 is 1.22 bits per heavy atom. The normalized spacial score (nSPS) is 2.67. The van der Waals surface area contributed by atoms with Crippen LogP contribution in [0.25, 0.3) is 0 Å². The maximum absolute atomic E-state index is 8.33. The number of hydrogen-bond acceptors (Lipinski definition) is 3. The topological polar surface area (TPSA) is 63.2 Å². The Hall–Kier alpha value is 4.38. The molecule has 0 N–H and O–H groups in total. The Labute approximate surface area is 176 Å². The summed E-state index contributed by atoms with van der Waals surface area (Å²) in [5.74, 6) is 0. The van der Waals surface area contributed by atoms with Crippen molar-refractivity contribution >= 4 is 43.9 Å². The maximum Gasteiger partial charge on any atom is 3.00 e. The molecule has 0 fully saturated rings. The second kappa shape index (κ2) is 29.4. The Morgan fingerprint density at radius 2 is 1.22 bits per heavy atom. The van der Waals surface area contributed by atoms with Gasteiger partial charge in [0, 0.05) is 0 Å². The zero-order chi connectivity index (χ0) is 3.58. The average Bonchev–Trinajstić information content (AvgIpc) is 0.811. The van der Waals surface area contributed by atoms with Crippen LogP contribution in [0.1, 0.15) is 0 Å². The van der Waals surface area contributed by atoms with Gasteiger partial charge in [-0.25, -0.2) is 0 Å². The average molecular weight is 542 g/mol. The number of carbonyl (C=O) groups excluding carboxylic acids is 1. The van der Waals surface area contributed by atoms with Crippen molar-refractivity contribution in [3.8, 4) is 0 Å². The summed E-state index contributed by atoms with van der Waals surface area (Å²) in [5, 5.41) is 16.7. The van der Waals surface area contributed by atoms with Gasteiger partial charge in [-0.2, -0.15) is 0 Å². The van der Waals surface area contributed by atoms with Crippen LogP contribution in [0.3, 0.4) is 0 Å². The van der Waals surface area contributed by atoms with E-state index in [1.165, 1.54) is 0 Å². The van der Waals surface area contributed by atoms with E-state index in [1.807, 2.05) is 0 Å². The van der Waals surface area contributed by atoms with Crippen molar-refractivity contribution in [1.29, 1.82) is 0 Å². The largest absolute Gasteiger partial charge is 3.00 e. The quantitative estimate of drug-likeness (QED) is 0.287. The van der Waals surface area contributed by atoms with E-state index in [0.717, 1.165) is 0 Å². The Morgan fingerprint density at radius 1 is 1.22 bits per heavy atom. The molecule has 0 saturated heterocycles. The molecule has 0 aromatic carbocycles. The third kappa shape index (κ3) is 69.5. The van der Waals surface area contributed by atoms with Crippen molar-refractivity contribution in [3.05, 3.63) is 0 Å². The second-order valence-corrected chi connectivity index (χ2v) is 0.250. The molecule has 0 aromatic rings. The molecule has 9 heavy (non-hydrogen) atoms. The molecule has 0 aliphatic rings. The Bertz CT molecular complexity index is 46.8. The predicted molar refractivity (Wildman–Crippen MR) is 11.1 cm³/mol. The van der Waals surface area contributed by atoms with Crippen molar-refractivity contribution < 1.29 is 138 Å². The molecule has 0 bridgehead atoms. The van der Waals surface area contributed by atoms with Crippen LogP contribution < -0.4 is 14.9 Å². The van der Waals surface area contributed by atoms with Crippen LogP contribution in [-0.4, -0.2) is 43.9 Å². The van der Waals surface area contributed by atoms with Gasteiger partial charge >= 0.3 is 156 Å². The van der Waals surface area contributed by atoms with Gasteiger partial charge in [0.1, 0.15) is 0 Å². The molecule has 0 heterocycles. The maximum atomic E-state index is 8.33. The molecule has 0 aromatic heterocycles. The van der Waals surface area contributed by atoms with E-state index >= 15 is 0 Å². The molecule has 0 saturated carbocycles. The first-order valence-electron chi connectivity index (χ1n) is 0.612. The fourth-order valence-electron chi connectivity index (χ4n) is 0. The van der Waals surface area contributed by atoms with E-state index in [9.17, 15) is 0 Å². The van der Waals surface area contributed by atoms with Crippen LogP contribution in [0, 0.1) is 118 Å². The van der Waals surface area contributed by atoms with Gasteiger partial charge in [0.15, 0.2) is 0 Å². The first kappa shape index (κ1) is 37.6. The van der Waals surface area contributed by atoms with E-state index in [2.05, 4.69) is 0 Å². The number of carbonyl (C=O) groups is 1. The molecule has 34 valence electrons. The minimum absolute atomic E-state index is 0. The zero-order valence-corrected chi connectivity index (χ0v) is 16.6. The first-order valence-corrected chi connectivity index (χ1v) is 0.612. The van der Waals surface area contributed by atoms with Crippen molar-refractivity contribution in [2.45, 2.75) is 0 Å².